The Morgan fingerprint density at radius 3 is 2.45 bits per heavy atom. The minimum Gasteiger partial charge on any atom is -0.481 e. The molecular formula is C16H21NO3. The molecule has 0 bridgehead atoms. The van der Waals surface area contributed by atoms with Crippen LogP contribution in [0.1, 0.15) is 37.7 Å². The molecule has 108 valence electrons. The molecule has 1 amide bonds. The Kier molecular flexibility index (Phi) is 7.11. The Hall–Kier alpha value is -2.10. The van der Waals surface area contributed by atoms with Crippen molar-refractivity contribution in [1.82, 2.24) is 0 Å². The normalized spacial score (nSPS) is 10.0. The minimum atomic E-state index is -0.860. The van der Waals surface area contributed by atoms with E-state index in [9.17, 15) is 9.59 Å². The highest BCUT2D eigenvalue weighted by atomic mass is 16.4. The molecule has 0 aliphatic carbocycles. The Morgan fingerprint density at radius 1 is 1.15 bits per heavy atom. The molecule has 0 aromatic heterocycles. The molecule has 4 nitrogen and oxygen atoms in total. The molecular weight excluding hydrogens is 254 g/mol. The van der Waals surface area contributed by atoms with Gasteiger partial charge in [-0.2, -0.15) is 0 Å². The van der Waals surface area contributed by atoms with E-state index in [0.717, 1.165) is 31.2 Å². The first kappa shape index (κ1) is 16.0. The maximum atomic E-state index is 11.7. The Labute approximate surface area is 119 Å². The molecule has 0 saturated carbocycles. The van der Waals surface area contributed by atoms with Gasteiger partial charge < -0.3 is 10.4 Å². The molecule has 0 atom stereocenters. The van der Waals surface area contributed by atoms with Crippen LogP contribution in [0.15, 0.2) is 36.9 Å². The second-order valence-electron chi connectivity index (χ2n) is 4.70. The first-order chi connectivity index (χ1) is 9.61. The van der Waals surface area contributed by atoms with Gasteiger partial charge in [0.15, 0.2) is 0 Å². The van der Waals surface area contributed by atoms with Crippen LogP contribution in [0.25, 0.3) is 0 Å². The zero-order valence-corrected chi connectivity index (χ0v) is 11.6. The summed E-state index contributed by atoms with van der Waals surface area (Å²) in [5.41, 5.74) is 1.43. The molecule has 0 aliphatic heterocycles. The van der Waals surface area contributed by atoms with Crippen LogP contribution < -0.4 is 5.32 Å². The van der Waals surface area contributed by atoms with E-state index in [1.807, 2.05) is 6.08 Å². The second-order valence-corrected chi connectivity index (χ2v) is 4.70. The molecule has 0 aliphatic rings. The van der Waals surface area contributed by atoms with Gasteiger partial charge in [0, 0.05) is 12.1 Å². The molecule has 0 unspecified atom stereocenters. The number of allylic oxidation sites excluding steroid dienone is 1. The number of benzene rings is 1. The van der Waals surface area contributed by atoms with E-state index in [2.05, 4.69) is 11.9 Å². The first-order valence-corrected chi connectivity index (χ1v) is 6.83. The monoisotopic (exact) mass is 275 g/mol. The zero-order valence-electron chi connectivity index (χ0n) is 11.6. The van der Waals surface area contributed by atoms with Crippen LogP contribution in [-0.4, -0.2) is 17.0 Å². The fraction of sp³-hybridized carbons (Fsp3) is 0.375. The zero-order chi connectivity index (χ0) is 14.8. The van der Waals surface area contributed by atoms with E-state index in [0.29, 0.717) is 12.1 Å². The number of carboxylic acid groups (broad SMARTS) is 1. The number of hydrogen-bond donors (Lipinski definition) is 2. The van der Waals surface area contributed by atoms with Crippen molar-refractivity contribution in [3.05, 3.63) is 42.5 Å². The lowest BCUT2D eigenvalue weighted by Crippen LogP contribution is -2.11. The standard InChI is InChI=1S/C16H21NO3/c1-2-3-4-5-6-7-15(18)17-14-10-8-13(9-11-14)12-16(19)20/h2,8-11H,1,3-7,12H2,(H,17,18)(H,19,20). The highest BCUT2D eigenvalue weighted by molar-refractivity contribution is 5.90. The van der Waals surface area contributed by atoms with Gasteiger partial charge in [-0.05, 0) is 37.0 Å². The number of aliphatic carboxylic acids is 1. The van der Waals surface area contributed by atoms with Crippen molar-refractivity contribution in [1.29, 1.82) is 0 Å². The van der Waals surface area contributed by atoms with Crippen molar-refractivity contribution in [2.45, 2.75) is 38.5 Å². The number of carboxylic acids is 1. The highest BCUT2D eigenvalue weighted by Crippen LogP contribution is 2.11. The topological polar surface area (TPSA) is 66.4 Å². The number of anilines is 1. The van der Waals surface area contributed by atoms with E-state index in [1.165, 1.54) is 0 Å². The molecule has 0 heterocycles. The van der Waals surface area contributed by atoms with E-state index in [-0.39, 0.29) is 12.3 Å². The minimum absolute atomic E-state index is 0.00245. The third-order valence-electron chi connectivity index (χ3n) is 2.91. The molecule has 0 fully saturated rings. The van der Waals surface area contributed by atoms with Crippen molar-refractivity contribution in [2.24, 2.45) is 0 Å². The predicted molar refractivity (Wildman–Crippen MR) is 79.7 cm³/mol. The van der Waals surface area contributed by atoms with Gasteiger partial charge in [-0.15, -0.1) is 6.58 Å². The van der Waals surface area contributed by atoms with Crippen LogP contribution in [0.5, 0.6) is 0 Å². The average Bonchev–Trinajstić information content (AvgIpc) is 2.40. The molecule has 2 N–H and O–H groups in total. The average molecular weight is 275 g/mol. The maximum absolute atomic E-state index is 11.7. The van der Waals surface area contributed by atoms with Crippen molar-refractivity contribution in [3.63, 3.8) is 0 Å². The molecule has 0 radical (unpaired) electrons. The lowest BCUT2D eigenvalue weighted by molar-refractivity contribution is -0.136. The molecule has 0 saturated heterocycles. The fourth-order valence-corrected chi connectivity index (χ4v) is 1.86. The maximum Gasteiger partial charge on any atom is 0.307 e. The van der Waals surface area contributed by atoms with Crippen LogP contribution in [0.2, 0.25) is 0 Å². The summed E-state index contributed by atoms with van der Waals surface area (Å²) >= 11 is 0. The summed E-state index contributed by atoms with van der Waals surface area (Å²) in [5.74, 6) is -0.865. The van der Waals surface area contributed by atoms with E-state index >= 15 is 0 Å². The summed E-state index contributed by atoms with van der Waals surface area (Å²) < 4.78 is 0. The molecule has 1 aromatic carbocycles. The van der Waals surface area contributed by atoms with E-state index < -0.39 is 5.97 Å². The third kappa shape index (κ3) is 6.73. The van der Waals surface area contributed by atoms with Crippen LogP contribution in [0.3, 0.4) is 0 Å². The van der Waals surface area contributed by atoms with Crippen molar-refractivity contribution >= 4 is 17.6 Å². The number of nitrogens with one attached hydrogen (secondary N) is 1. The van der Waals surface area contributed by atoms with Gasteiger partial charge in [0.25, 0.3) is 0 Å². The summed E-state index contributed by atoms with van der Waals surface area (Å²) in [6, 6.07) is 6.89. The predicted octanol–water partition coefficient (Wildman–Crippen LogP) is 3.39. The summed E-state index contributed by atoms with van der Waals surface area (Å²) in [4.78, 5) is 22.2. The van der Waals surface area contributed by atoms with Gasteiger partial charge >= 0.3 is 5.97 Å². The molecule has 1 rings (SSSR count). The van der Waals surface area contributed by atoms with Gasteiger partial charge in [-0.3, -0.25) is 9.59 Å². The summed E-state index contributed by atoms with van der Waals surface area (Å²) in [5, 5.41) is 11.5. The van der Waals surface area contributed by atoms with Gasteiger partial charge in [0.05, 0.1) is 6.42 Å². The van der Waals surface area contributed by atoms with Gasteiger partial charge in [0.2, 0.25) is 5.91 Å². The fourth-order valence-electron chi connectivity index (χ4n) is 1.86. The SMILES string of the molecule is C=CCCCCCC(=O)Nc1ccc(CC(=O)O)cc1. The van der Waals surface area contributed by atoms with Gasteiger partial charge in [-0.1, -0.05) is 24.6 Å². The molecule has 20 heavy (non-hydrogen) atoms. The summed E-state index contributed by atoms with van der Waals surface area (Å²) in [6.07, 6.45) is 6.35. The highest BCUT2D eigenvalue weighted by Gasteiger charge is 2.03. The number of unbranched alkanes of at least 4 members (excludes halogenated alkanes) is 3. The van der Waals surface area contributed by atoms with E-state index in [4.69, 9.17) is 5.11 Å². The van der Waals surface area contributed by atoms with Crippen molar-refractivity contribution in [3.8, 4) is 0 Å². The number of rotatable bonds is 9. The van der Waals surface area contributed by atoms with Crippen molar-refractivity contribution in [2.75, 3.05) is 5.32 Å². The Morgan fingerprint density at radius 2 is 1.85 bits per heavy atom. The number of amides is 1. The van der Waals surface area contributed by atoms with Crippen LogP contribution in [0, 0.1) is 0 Å². The lowest BCUT2D eigenvalue weighted by atomic mass is 10.1. The first-order valence-electron chi connectivity index (χ1n) is 6.83. The summed E-state index contributed by atoms with van der Waals surface area (Å²) in [6.45, 7) is 3.66. The smallest absolute Gasteiger partial charge is 0.307 e. The number of carbonyl (C=O) groups excluding carboxylic acids is 1. The molecule has 0 spiro atoms. The van der Waals surface area contributed by atoms with Gasteiger partial charge in [-0.25, -0.2) is 0 Å². The quantitative estimate of drug-likeness (QED) is 0.536. The van der Waals surface area contributed by atoms with Crippen molar-refractivity contribution < 1.29 is 14.7 Å². The van der Waals surface area contributed by atoms with E-state index in [1.54, 1.807) is 24.3 Å². The van der Waals surface area contributed by atoms with Gasteiger partial charge in [0.1, 0.15) is 0 Å². The number of hydrogen-bond acceptors (Lipinski definition) is 2. The Bertz CT molecular complexity index is 451. The summed E-state index contributed by atoms with van der Waals surface area (Å²) in [7, 11) is 0. The van der Waals surface area contributed by atoms with Crippen LogP contribution in [-0.2, 0) is 16.0 Å². The lowest BCUT2D eigenvalue weighted by Gasteiger charge is -2.06. The largest absolute Gasteiger partial charge is 0.481 e. The molecule has 4 heteroatoms. The second kappa shape index (κ2) is 8.91. The third-order valence-corrected chi connectivity index (χ3v) is 2.91. The number of carbonyl (C=O) groups is 2. The molecule has 1 aromatic rings. The Balaban J connectivity index is 2.31. The van der Waals surface area contributed by atoms with Crippen LogP contribution >= 0.6 is 0 Å². The van der Waals surface area contributed by atoms with Crippen LogP contribution in [0.4, 0.5) is 5.69 Å².